The van der Waals surface area contributed by atoms with Gasteiger partial charge in [0.2, 0.25) is 0 Å². The summed E-state index contributed by atoms with van der Waals surface area (Å²) in [5.41, 5.74) is 3.83. The Bertz CT molecular complexity index is 1240. The Kier molecular flexibility index (Phi) is 3.85. The van der Waals surface area contributed by atoms with E-state index >= 15 is 0 Å². The molecule has 0 amide bonds. The SMILES string of the molecule is OCc1ccc(-c2cc3ccnc(Nc4ccc5[nH]ccc5c4)c3s2)cn1. The van der Waals surface area contributed by atoms with Gasteiger partial charge < -0.3 is 15.4 Å². The Balaban J connectivity index is 1.53. The number of anilines is 2. The largest absolute Gasteiger partial charge is 0.390 e. The molecule has 27 heavy (non-hydrogen) atoms. The maximum absolute atomic E-state index is 9.16. The fourth-order valence-corrected chi connectivity index (χ4v) is 4.22. The minimum absolute atomic E-state index is 0.0455. The number of fused-ring (bicyclic) bond motifs is 2. The molecule has 3 N–H and O–H groups in total. The highest BCUT2D eigenvalue weighted by molar-refractivity contribution is 7.22. The highest BCUT2D eigenvalue weighted by Crippen LogP contribution is 2.37. The molecule has 4 heterocycles. The third kappa shape index (κ3) is 2.95. The van der Waals surface area contributed by atoms with Crippen LogP contribution in [0, 0.1) is 0 Å². The molecule has 0 radical (unpaired) electrons. The van der Waals surface area contributed by atoms with Gasteiger partial charge in [0, 0.05) is 45.6 Å². The molecule has 0 saturated heterocycles. The van der Waals surface area contributed by atoms with Gasteiger partial charge in [0.05, 0.1) is 17.0 Å². The molecular formula is C21H16N4OS. The Labute approximate surface area is 159 Å². The van der Waals surface area contributed by atoms with Crippen molar-refractivity contribution < 1.29 is 5.11 Å². The Morgan fingerprint density at radius 3 is 2.81 bits per heavy atom. The fraction of sp³-hybridized carbons (Fsp3) is 0.0476. The van der Waals surface area contributed by atoms with E-state index in [4.69, 9.17) is 5.11 Å². The van der Waals surface area contributed by atoms with Crippen molar-refractivity contribution >= 4 is 43.8 Å². The van der Waals surface area contributed by atoms with Gasteiger partial charge in [-0.1, -0.05) is 6.07 Å². The summed E-state index contributed by atoms with van der Waals surface area (Å²) in [4.78, 5) is 13.2. The fourth-order valence-electron chi connectivity index (χ4n) is 3.13. The van der Waals surface area contributed by atoms with Gasteiger partial charge in [-0.15, -0.1) is 11.3 Å². The summed E-state index contributed by atoms with van der Waals surface area (Å²) in [6, 6.07) is 16.3. The zero-order chi connectivity index (χ0) is 18.2. The summed E-state index contributed by atoms with van der Waals surface area (Å²) in [5.74, 6) is 0.846. The van der Waals surface area contributed by atoms with E-state index in [1.807, 2.05) is 36.7 Å². The molecule has 0 spiro atoms. The number of aromatic nitrogens is 3. The number of pyridine rings is 2. The van der Waals surface area contributed by atoms with Crippen LogP contribution in [0.1, 0.15) is 5.69 Å². The third-order valence-electron chi connectivity index (χ3n) is 4.52. The second kappa shape index (κ2) is 6.50. The molecule has 1 aromatic carbocycles. The van der Waals surface area contributed by atoms with Gasteiger partial charge in [0.15, 0.2) is 0 Å². The second-order valence-corrected chi connectivity index (χ2v) is 7.34. The van der Waals surface area contributed by atoms with E-state index in [-0.39, 0.29) is 6.61 Å². The lowest BCUT2D eigenvalue weighted by Crippen LogP contribution is -1.92. The molecule has 132 valence electrons. The van der Waals surface area contributed by atoms with Gasteiger partial charge in [-0.2, -0.15) is 0 Å². The summed E-state index contributed by atoms with van der Waals surface area (Å²) < 4.78 is 1.10. The number of H-pyrrole nitrogens is 1. The van der Waals surface area contributed by atoms with E-state index in [0.29, 0.717) is 5.69 Å². The van der Waals surface area contributed by atoms with Crippen molar-refractivity contribution in [2.75, 3.05) is 5.32 Å². The number of benzene rings is 1. The molecule has 0 atom stereocenters. The number of aliphatic hydroxyl groups excluding tert-OH is 1. The number of nitrogens with one attached hydrogen (secondary N) is 2. The number of aromatic amines is 1. The topological polar surface area (TPSA) is 73.8 Å². The molecule has 0 aliphatic carbocycles. The minimum atomic E-state index is -0.0455. The number of hydrogen-bond acceptors (Lipinski definition) is 5. The van der Waals surface area contributed by atoms with Gasteiger partial charge in [0.1, 0.15) is 5.82 Å². The van der Waals surface area contributed by atoms with E-state index < -0.39 is 0 Å². The summed E-state index contributed by atoms with van der Waals surface area (Å²) >= 11 is 1.68. The van der Waals surface area contributed by atoms with Crippen molar-refractivity contribution in [1.82, 2.24) is 15.0 Å². The first-order chi connectivity index (χ1) is 13.3. The predicted molar refractivity (Wildman–Crippen MR) is 110 cm³/mol. The van der Waals surface area contributed by atoms with Gasteiger partial charge in [-0.3, -0.25) is 4.98 Å². The van der Waals surface area contributed by atoms with Crippen LogP contribution in [0.3, 0.4) is 0 Å². The lowest BCUT2D eigenvalue weighted by atomic mass is 10.2. The smallest absolute Gasteiger partial charge is 0.148 e. The number of hydrogen-bond donors (Lipinski definition) is 3. The molecule has 0 aliphatic rings. The first-order valence-electron chi connectivity index (χ1n) is 8.59. The Hall–Kier alpha value is -3.22. The average Bonchev–Trinajstić information content (AvgIpc) is 3.35. The Morgan fingerprint density at radius 1 is 1.00 bits per heavy atom. The molecule has 4 aromatic heterocycles. The van der Waals surface area contributed by atoms with Gasteiger partial charge >= 0.3 is 0 Å². The average molecular weight is 372 g/mol. The van der Waals surface area contributed by atoms with Crippen LogP contribution >= 0.6 is 11.3 Å². The van der Waals surface area contributed by atoms with Crippen molar-refractivity contribution in [2.45, 2.75) is 6.61 Å². The standard InChI is InChI=1S/C21H16N4OS/c26-12-17-2-1-15(11-24-17)19-10-14-6-8-23-21(20(14)27-19)25-16-3-4-18-13(9-16)5-7-22-18/h1-11,22,26H,12H2,(H,23,25). The Morgan fingerprint density at radius 2 is 1.96 bits per heavy atom. The van der Waals surface area contributed by atoms with Crippen molar-refractivity contribution in [1.29, 1.82) is 0 Å². The van der Waals surface area contributed by atoms with Crippen LogP contribution in [0.15, 0.2) is 67.1 Å². The van der Waals surface area contributed by atoms with Crippen molar-refractivity contribution in [3.63, 3.8) is 0 Å². The van der Waals surface area contributed by atoms with Gasteiger partial charge in [-0.05, 0) is 47.9 Å². The van der Waals surface area contributed by atoms with Crippen LogP contribution in [0.5, 0.6) is 0 Å². The molecule has 6 heteroatoms. The number of aliphatic hydroxyl groups is 1. The highest BCUT2D eigenvalue weighted by atomic mass is 32.1. The van der Waals surface area contributed by atoms with Crippen LogP contribution in [-0.4, -0.2) is 20.1 Å². The molecule has 0 aliphatic heterocycles. The van der Waals surface area contributed by atoms with Crippen LogP contribution in [0.25, 0.3) is 31.4 Å². The van der Waals surface area contributed by atoms with Crippen LogP contribution in [-0.2, 0) is 6.61 Å². The number of rotatable bonds is 4. The van der Waals surface area contributed by atoms with E-state index in [2.05, 4.69) is 44.5 Å². The van der Waals surface area contributed by atoms with Crippen LogP contribution < -0.4 is 5.32 Å². The maximum Gasteiger partial charge on any atom is 0.148 e. The molecule has 5 rings (SSSR count). The van der Waals surface area contributed by atoms with E-state index in [1.165, 1.54) is 0 Å². The van der Waals surface area contributed by atoms with E-state index in [9.17, 15) is 0 Å². The van der Waals surface area contributed by atoms with Gasteiger partial charge in [-0.25, -0.2) is 4.98 Å². The zero-order valence-corrected chi connectivity index (χ0v) is 15.1. The summed E-state index contributed by atoms with van der Waals surface area (Å²) in [6.07, 6.45) is 5.56. The summed E-state index contributed by atoms with van der Waals surface area (Å²) in [7, 11) is 0. The normalized spacial score (nSPS) is 11.3. The minimum Gasteiger partial charge on any atom is -0.390 e. The van der Waals surface area contributed by atoms with Crippen molar-refractivity contribution in [3.05, 3.63) is 72.8 Å². The lowest BCUT2D eigenvalue weighted by Gasteiger charge is -2.06. The van der Waals surface area contributed by atoms with E-state index in [1.54, 1.807) is 17.5 Å². The molecule has 0 saturated carbocycles. The highest BCUT2D eigenvalue weighted by Gasteiger charge is 2.10. The number of thiophene rings is 1. The first kappa shape index (κ1) is 16.0. The predicted octanol–water partition coefficient (Wildman–Crippen LogP) is 5.08. The van der Waals surface area contributed by atoms with Crippen LogP contribution in [0.2, 0.25) is 0 Å². The van der Waals surface area contributed by atoms with E-state index in [0.717, 1.165) is 42.9 Å². The first-order valence-corrected chi connectivity index (χ1v) is 9.41. The summed E-state index contributed by atoms with van der Waals surface area (Å²) in [5, 5.41) is 14.9. The third-order valence-corrected chi connectivity index (χ3v) is 5.73. The zero-order valence-electron chi connectivity index (χ0n) is 14.3. The quantitative estimate of drug-likeness (QED) is 0.411. The molecular weight excluding hydrogens is 356 g/mol. The summed E-state index contributed by atoms with van der Waals surface area (Å²) in [6.45, 7) is -0.0455. The molecule has 0 bridgehead atoms. The molecule has 0 fully saturated rings. The van der Waals surface area contributed by atoms with Gasteiger partial charge in [0.25, 0.3) is 0 Å². The molecule has 0 unspecified atom stereocenters. The maximum atomic E-state index is 9.16. The van der Waals surface area contributed by atoms with Crippen molar-refractivity contribution in [2.24, 2.45) is 0 Å². The monoisotopic (exact) mass is 372 g/mol. The molecule has 5 nitrogen and oxygen atoms in total. The van der Waals surface area contributed by atoms with Crippen LogP contribution in [0.4, 0.5) is 11.5 Å². The van der Waals surface area contributed by atoms with Crippen molar-refractivity contribution in [3.8, 4) is 10.4 Å². The lowest BCUT2D eigenvalue weighted by molar-refractivity contribution is 0.277. The second-order valence-electron chi connectivity index (χ2n) is 6.29. The number of nitrogens with zero attached hydrogens (tertiary/aromatic N) is 2. The molecule has 5 aromatic rings.